The van der Waals surface area contributed by atoms with Gasteiger partial charge < -0.3 is 15.0 Å². The van der Waals surface area contributed by atoms with Gasteiger partial charge in [-0.3, -0.25) is 0 Å². The van der Waals surface area contributed by atoms with E-state index in [2.05, 4.69) is 6.92 Å². The van der Waals surface area contributed by atoms with Gasteiger partial charge in [0.25, 0.3) is 0 Å². The van der Waals surface area contributed by atoms with Crippen LogP contribution < -0.4 is 56.5 Å². The summed E-state index contributed by atoms with van der Waals surface area (Å²) in [5.74, 6) is -1.36. The molecule has 4 heteroatoms. The Morgan fingerprint density at radius 3 is 2.31 bits per heavy atom. The summed E-state index contributed by atoms with van der Waals surface area (Å²) >= 11 is 0. The Hall–Kier alpha value is 1.07. The number of carboxylic acids is 1. The van der Waals surface area contributed by atoms with E-state index in [-0.39, 0.29) is 51.4 Å². The molecular formula is C9H17KO3. The smallest absolute Gasteiger partial charge is 0.547 e. The van der Waals surface area contributed by atoms with Crippen LogP contribution in [0, 0.1) is 0 Å². The molecule has 3 nitrogen and oxygen atoms in total. The average Bonchev–Trinajstić information content (AvgIpc) is 2.03. The van der Waals surface area contributed by atoms with E-state index in [0.717, 1.165) is 19.3 Å². The third-order valence-corrected chi connectivity index (χ3v) is 1.85. The van der Waals surface area contributed by atoms with Gasteiger partial charge in [0.1, 0.15) is 0 Å². The standard InChI is InChI=1S/C9H18O3.K/c1-2-3-4-5-6-7-8(10)9(11)12;/h8,10H,2-7H2,1H3,(H,11,12);/q;+1/p-1. The van der Waals surface area contributed by atoms with Crippen LogP contribution in [0.4, 0.5) is 0 Å². The van der Waals surface area contributed by atoms with Crippen molar-refractivity contribution in [1.82, 2.24) is 0 Å². The Morgan fingerprint density at radius 1 is 1.31 bits per heavy atom. The molecule has 1 N–H and O–H groups in total. The second-order valence-corrected chi connectivity index (χ2v) is 3.04. The molecule has 0 rings (SSSR count). The predicted molar refractivity (Wildman–Crippen MR) is 44.4 cm³/mol. The molecule has 0 spiro atoms. The first-order valence-corrected chi connectivity index (χ1v) is 4.57. The van der Waals surface area contributed by atoms with Gasteiger partial charge in [0.15, 0.2) is 0 Å². The number of rotatable bonds is 7. The second kappa shape index (κ2) is 11.1. The van der Waals surface area contributed by atoms with Gasteiger partial charge in [-0.15, -0.1) is 0 Å². The summed E-state index contributed by atoms with van der Waals surface area (Å²) in [4.78, 5) is 10.1. The van der Waals surface area contributed by atoms with Crippen molar-refractivity contribution >= 4 is 5.97 Å². The van der Waals surface area contributed by atoms with Gasteiger partial charge in [0.05, 0.1) is 12.1 Å². The molecule has 0 aromatic rings. The summed E-state index contributed by atoms with van der Waals surface area (Å²) in [7, 11) is 0. The topological polar surface area (TPSA) is 60.4 Å². The molecule has 72 valence electrons. The third kappa shape index (κ3) is 11.0. The number of aliphatic hydroxyl groups is 1. The van der Waals surface area contributed by atoms with Crippen LogP contribution in [-0.4, -0.2) is 17.2 Å². The van der Waals surface area contributed by atoms with Crippen molar-refractivity contribution in [2.24, 2.45) is 0 Å². The SMILES string of the molecule is CCCCCCCC(O)C(=O)[O-].[K+]. The van der Waals surface area contributed by atoms with E-state index in [4.69, 9.17) is 5.11 Å². The fourth-order valence-electron chi connectivity index (χ4n) is 1.06. The quantitative estimate of drug-likeness (QED) is 0.374. The van der Waals surface area contributed by atoms with Crippen LogP contribution in [0.2, 0.25) is 0 Å². The molecule has 0 aromatic heterocycles. The number of aliphatic carboxylic acids is 1. The van der Waals surface area contributed by atoms with Crippen LogP contribution in [0.1, 0.15) is 45.4 Å². The minimum absolute atomic E-state index is 0. The zero-order valence-corrected chi connectivity index (χ0v) is 11.7. The number of aliphatic hydroxyl groups excluding tert-OH is 1. The number of carbonyl (C=O) groups is 1. The number of hydrogen-bond donors (Lipinski definition) is 1. The fraction of sp³-hybridized carbons (Fsp3) is 0.889. The summed E-state index contributed by atoms with van der Waals surface area (Å²) in [5, 5.41) is 18.9. The molecule has 0 fully saturated rings. The predicted octanol–water partition coefficient (Wildman–Crippen LogP) is -2.54. The van der Waals surface area contributed by atoms with Gasteiger partial charge in [-0.05, 0) is 6.42 Å². The molecule has 0 bridgehead atoms. The molecule has 0 aliphatic rings. The van der Waals surface area contributed by atoms with E-state index in [9.17, 15) is 9.90 Å². The van der Waals surface area contributed by atoms with E-state index in [0.29, 0.717) is 6.42 Å². The van der Waals surface area contributed by atoms with E-state index in [1.165, 1.54) is 12.8 Å². The van der Waals surface area contributed by atoms with Crippen LogP contribution in [0.5, 0.6) is 0 Å². The minimum atomic E-state index is -1.36. The van der Waals surface area contributed by atoms with Crippen LogP contribution in [0.3, 0.4) is 0 Å². The van der Waals surface area contributed by atoms with Crippen molar-refractivity contribution in [2.75, 3.05) is 0 Å². The number of hydrogen-bond acceptors (Lipinski definition) is 3. The Morgan fingerprint density at radius 2 is 1.85 bits per heavy atom. The fourth-order valence-corrected chi connectivity index (χ4v) is 1.06. The van der Waals surface area contributed by atoms with Gasteiger partial charge in [-0.1, -0.05) is 39.0 Å². The van der Waals surface area contributed by atoms with Crippen LogP contribution >= 0.6 is 0 Å². The molecule has 0 aromatic carbocycles. The summed E-state index contributed by atoms with van der Waals surface area (Å²) in [5.41, 5.74) is 0. The Labute approximate surface area is 122 Å². The maximum Gasteiger partial charge on any atom is 1.00 e. The van der Waals surface area contributed by atoms with Crippen LogP contribution in [0.25, 0.3) is 0 Å². The molecule has 0 heterocycles. The van der Waals surface area contributed by atoms with Gasteiger partial charge in [-0.2, -0.15) is 0 Å². The maximum atomic E-state index is 10.1. The molecule has 0 saturated carbocycles. The molecule has 1 unspecified atom stereocenters. The van der Waals surface area contributed by atoms with Crippen LogP contribution in [0.15, 0.2) is 0 Å². The molecule has 0 radical (unpaired) electrons. The summed E-state index contributed by atoms with van der Waals surface area (Å²) in [6, 6.07) is 0. The van der Waals surface area contributed by atoms with Gasteiger partial charge >= 0.3 is 51.4 Å². The number of unbranched alkanes of at least 4 members (excludes halogenated alkanes) is 4. The van der Waals surface area contributed by atoms with Crippen molar-refractivity contribution in [1.29, 1.82) is 0 Å². The minimum Gasteiger partial charge on any atom is -0.547 e. The monoisotopic (exact) mass is 212 g/mol. The Balaban J connectivity index is 0. The molecule has 0 aliphatic heterocycles. The molecule has 1 atom stereocenters. The summed E-state index contributed by atoms with van der Waals surface area (Å²) in [6.45, 7) is 2.12. The van der Waals surface area contributed by atoms with E-state index >= 15 is 0 Å². The van der Waals surface area contributed by atoms with Gasteiger partial charge in [-0.25, -0.2) is 0 Å². The van der Waals surface area contributed by atoms with Crippen molar-refractivity contribution in [3.8, 4) is 0 Å². The van der Waals surface area contributed by atoms with Crippen molar-refractivity contribution in [3.63, 3.8) is 0 Å². The van der Waals surface area contributed by atoms with E-state index in [1.54, 1.807) is 0 Å². The second-order valence-electron chi connectivity index (χ2n) is 3.04. The maximum absolute atomic E-state index is 10.1. The summed E-state index contributed by atoms with van der Waals surface area (Å²) < 4.78 is 0. The first-order valence-electron chi connectivity index (χ1n) is 4.57. The van der Waals surface area contributed by atoms with E-state index in [1.807, 2.05) is 0 Å². The van der Waals surface area contributed by atoms with E-state index < -0.39 is 12.1 Å². The molecular weight excluding hydrogens is 195 g/mol. The zero-order chi connectivity index (χ0) is 9.40. The third-order valence-electron chi connectivity index (χ3n) is 1.85. The zero-order valence-electron chi connectivity index (χ0n) is 8.58. The normalized spacial score (nSPS) is 11.8. The Bertz CT molecular complexity index is 128. The molecule has 0 aliphatic carbocycles. The first-order chi connectivity index (χ1) is 5.68. The molecule has 0 saturated heterocycles. The number of carbonyl (C=O) groups excluding carboxylic acids is 1. The van der Waals surface area contributed by atoms with Crippen LogP contribution in [-0.2, 0) is 4.79 Å². The first kappa shape index (κ1) is 16.5. The van der Waals surface area contributed by atoms with Crippen molar-refractivity contribution < 1.29 is 66.4 Å². The summed E-state index contributed by atoms with van der Waals surface area (Å²) in [6.07, 6.45) is 4.30. The van der Waals surface area contributed by atoms with Gasteiger partial charge in [0, 0.05) is 0 Å². The van der Waals surface area contributed by atoms with Gasteiger partial charge in [0.2, 0.25) is 0 Å². The van der Waals surface area contributed by atoms with Crippen molar-refractivity contribution in [3.05, 3.63) is 0 Å². The average molecular weight is 212 g/mol. The molecule has 0 amide bonds. The molecule has 13 heavy (non-hydrogen) atoms. The largest absolute Gasteiger partial charge is 1.00 e. The number of carboxylic acid groups (broad SMARTS) is 1. The van der Waals surface area contributed by atoms with Crippen molar-refractivity contribution in [2.45, 2.75) is 51.6 Å². The Kier molecular flexibility index (Phi) is 14.1.